The van der Waals surface area contributed by atoms with Gasteiger partial charge in [0.25, 0.3) is 11.6 Å². The Morgan fingerprint density at radius 1 is 1.64 bits per heavy atom. The predicted octanol–water partition coefficient (Wildman–Crippen LogP) is 2.86. The molecular weight excluding hydrogens is 262 g/mol. The molecule has 0 fully saturated rings. The highest BCUT2D eigenvalue weighted by atomic mass is 79.9. The summed E-state index contributed by atoms with van der Waals surface area (Å²) in [6.45, 7) is 0.673. The van der Waals surface area contributed by atoms with Gasteiger partial charge in [0.2, 0.25) is 0 Å². The Morgan fingerprint density at radius 2 is 2.21 bits per heavy atom. The maximum atomic E-state index is 12.8. The van der Waals surface area contributed by atoms with Crippen LogP contribution >= 0.6 is 15.9 Å². The summed E-state index contributed by atoms with van der Waals surface area (Å²) in [4.78, 5) is 12.9. The predicted molar refractivity (Wildman–Crippen MR) is 48.2 cm³/mol. The Morgan fingerprint density at radius 3 is 2.57 bits per heavy atom. The Labute approximate surface area is 86.2 Å². The number of aromatic nitrogens is 1. The quantitative estimate of drug-likeness (QED) is 0.611. The van der Waals surface area contributed by atoms with Crippen LogP contribution in [0.1, 0.15) is 12.6 Å². The van der Waals surface area contributed by atoms with Crippen molar-refractivity contribution < 1.29 is 13.7 Å². The van der Waals surface area contributed by atoms with E-state index in [4.69, 9.17) is 0 Å². The molecule has 0 atom stereocenters. The molecule has 1 rings (SSSR count). The first kappa shape index (κ1) is 11.0. The Kier molecular flexibility index (Phi) is 2.79. The van der Waals surface area contributed by atoms with E-state index in [9.17, 15) is 18.9 Å². The van der Waals surface area contributed by atoms with Crippen molar-refractivity contribution in [2.24, 2.45) is 0 Å². The number of hydrogen-bond donors (Lipinski definition) is 0. The van der Waals surface area contributed by atoms with E-state index in [0.717, 1.165) is 12.3 Å². The third-order valence-corrected chi connectivity index (χ3v) is 2.06. The second kappa shape index (κ2) is 3.56. The summed E-state index contributed by atoms with van der Waals surface area (Å²) in [7, 11) is 0. The number of nitrogens with zero attached hydrogens (tertiary/aromatic N) is 2. The van der Waals surface area contributed by atoms with E-state index in [1.165, 1.54) is 0 Å². The zero-order chi connectivity index (χ0) is 10.9. The van der Waals surface area contributed by atoms with Gasteiger partial charge < -0.3 is 0 Å². The highest BCUT2D eigenvalue weighted by molar-refractivity contribution is 9.10. The number of hydrogen-bond acceptors (Lipinski definition) is 3. The molecule has 4 nitrogen and oxygen atoms in total. The minimum absolute atomic E-state index is 0.0702. The van der Waals surface area contributed by atoms with Crippen LogP contribution in [0.4, 0.5) is 14.5 Å². The van der Waals surface area contributed by atoms with Crippen molar-refractivity contribution in [3.05, 3.63) is 32.5 Å². The molecule has 0 amide bonds. The highest BCUT2D eigenvalue weighted by Gasteiger charge is 2.29. The second-order valence-corrected chi connectivity index (χ2v) is 3.52. The fourth-order valence-corrected chi connectivity index (χ4v) is 1.54. The van der Waals surface area contributed by atoms with Crippen molar-refractivity contribution in [2.45, 2.75) is 12.8 Å². The van der Waals surface area contributed by atoms with Crippen LogP contribution in [-0.2, 0) is 5.92 Å². The monoisotopic (exact) mass is 266 g/mol. The normalized spacial score (nSPS) is 11.4. The third kappa shape index (κ3) is 2.22. The Hall–Kier alpha value is -1.11. The van der Waals surface area contributed by atoms with Gasteiger partial charge in [-0.2, -0.15) is 8.78 Å². The summed E-state index contributed by atoms with van der Waals surface area (Å²) in [5, 5.41) is 10.3. The van der Waals surface area contributed by atoms with Crippen LogP contribution in [0.5, 0.6) is 0 Å². The number of alkyl halides is 2. The molecule has 1 heterocycles. The van der Waals surface area contributed by atoms with Crippen molar-refractivity contribution in [3.8, 4) is 0 Å². The van der Waals surface area contributed by atoms with E-state index >= 15 is 0 Å². The van der Waals surface area contributed by atoms with Crippen molar-refractivity contribution in [3.63, 3.8) is 0 Å². The molecule has 1 aromatic heterocycles. The Bertz CT molecular complexity index is 378. The van der Waals surface area contributed by atoms with Gasteiger partial charge in [-0.05, 0) is 15.9 Å². The molecule has 0 radical (unpaired) electrons. The standard InChI is InChI=1S/C7H5BrF2N2O2/c1-7(9,10)6-5(8)2-4(3-11-6)12(13)14/h2-3H,1H3. The largest absolute Gasteiger partial charge is 0.288 e. The Balaban J connectivity index is 3.21. The molecule has 0 aliphatic heterocycles. The minimum atomic E-state index is -3.12. The lowest BCUT2D eigenvalue weighted by molar-refractivity contribution is -0.385. The first-order chi connectivity index (χ1) is 6.32. The fraction of sp³-hybridized carbons (Fsp3) is 0.286. The highest BCUT2D eigenvalue weighted by Crippen LogP contribution is 2.32. The number of halogens is 3. The van der Waals surface area contributed by atoms with Crippen LogP contribution in [0.25, 0.3) is 0 Å². The lowest BCUT2D eigenvalue weighted by Gasteiger charge is -2.10. The van der Waals surface area contributed by atoms with Gasteiger partial charge in [0.05, 0.1) is 9.40 Å². The molecule has 0 unspecified atom stereocenters. The zero-order valence-electron chi connectivity index (χ0n) is 7.00. The second-order valence-electron chi connectivity index (χ2n) is 2.67. The van der Waals surface area contributed by atoms with Gasteiger partial charge in [0, 0.05) is 13.0 Å². The molecule has 0 aromatic carbocycles. The van der Waals surface area contributed by atoms with Gasteiger partial charge >= 0.3 is 0 Å². The van der Waals surface area contributed by atoms with Crippen LogP contribution in [0, 0.1) is 10.1 Å². The maximum absolute atomic E-state index is 12.8. The molecule has 0 saturated carbocycles. The van der Waals surface area contributed by atoms with E-state index in [-0.39, 0.29) is 10.2 Å². The molecule has 0 aliphatic rings. The van der Waals surface area contributed by atoms with Gasteiger partial charge in [0.15, 0.2) is 0 Å². The minimum Gasteiger partial charge on any atom is -0.258 e. The van der Waals surface area contributed by atoms with Crippen LogP contribution in [-0.4, -0.2) is 9.91 Å². The van der Waals surface area contributed by atoms with Crippen LogP contribution in [0.3, 0.4) is 0 Å². The van der Waals surface area contributed by atoms with Gasteiger partial charge in [-0.15, -0.1) is 0 Å². The zero-order valence-corrected chi connectivity index (χ0v) is 8.59. The summed E-state index contributed by atoms with van der Waals surface area (Å²) in [5.74, 6) is -3.12. The molecule has 0 N–H and O–H groups in total. The van der Waals surface area contributed by atoms with E-state index in [0.29, 0.717) is 6.92 Å². The molecule has 76 valence electrons. The van der Waals surface area contributed by atoms with E-state index in [1.807, 2.05) is 0 Å². The number of rotatable bonds is 2. The summed E-state index contributed by atoms with van der Waals surface area (Å²) in [6, 6.07) is 1.000. The topological polar surface area (TPSA) is 56.0 Å². The van der Waals surface area contributed by atoms with Gasteiger partial charge in [-0.25, -0.2) is 4.98 Å². The van der Waals surface area contributed by atoms with Crippen molar-refractivity contribution in [2.75, 3.05) is 0 Å². The maximum Gasteiger partial charge on any atom is 0.288 e. The van der Waals surface area contributed by atoms with E-state index < -0.39 is 16.5 Å². The first-order valence-corrected chi connectivity index (χ1v) is 4.30. The third-order valence-electron chi connectivity index (χ3n) is 1.45. The molecule has 0 spiro atoms. The molecule has 7 heteroatoms. The van der Waals surface area contributed by atoms with E-state index in [2.05, 4.69) is 20.9 Å². The van der Waals surface area contributed by atoms with E-state index in [1.54, 1.807) is 0 Å². The van der Waals surface area contributed by atoms with Crippen molar-refractivity contribution in [1.82, 2.24) is 4.98 Å². The summed E-state index contributed by atoms with van der Waals surface area (Å²) < 4.78 is 25.5. The van der Waals surface area contributed by atoms with Crippen molar-refractivity contribution in [1.29, 1.82) is 0 Å². The van der Waals surface area contributed by atoms with Crippen LogP contribution < -0.4 is 0 Å². The lowest BCUT2D eigenvalue weighted by Crippen LogP contribution is -2.10. The van der Waals surface area contributed by atoms with Crippen LogP contribution in [0.15, 0.2) is 16.7 Å². The van der Waals surface area contributed by atoms with Gasteiger partial charge in [-0.1, -0.05) is 0 Å². The lowest BCUT2D eigenvalue weighted by atomic mass is 10.2. The molecule has 0 aliphatic carbocycles. The number of nitro groups is 1. The molecule has 1 aromatic rings. The smallest absolute Gasteiger partial charge is 0.258 e. The number of pyridine rings is 1. The average molecular weight is 267 g/mol. The average Bonchev–Trinajstić information content (AvgIpc) is 2.01. The summed E-state index contributed by atoms with van der Waals surface area (Å²) in [6.07, 6.45) is 0.803. The molecule has 14 heavy (non-hydrogen) atoms. The molecule has 0 saturated heterocycles. The summed E-state index contributed by atoms with van der Waals surface area (Å²) in [5.41, 5.74) is -0.840. The molecule has 0 bridgehead atoms. The van der Waals surface area contributed by atoms with Crippen LogP contribution in [0.2, 0.25) is 0 Å². The van der Waals surface area contributed by atoms with Gasteiger partial charge in [-0.3, -0.25) is 10.1 Å². The SMILES string of the molecule is CC(F)(F)c1ncc([N+](=O)[O-])cc1Br. The molecular formula is C7H5BrF2N2O2. The first-order valence-electron chi connectivity index (χ1n) is 3.50. The van der Waals surface area contributed by atoms with Gasteiger partial charge in [0.1, 0.15) is 11.9 Å². The van der Waals surface area contributed by atoms with Crippen molar-refractivity contribution >= 4 is 21.6 Å². The summed E-state index contributed by atoms with van der Waals surface area (Å²) >= 11 is 2.80. The fourth-order valence-electron chi connectivity index (χ4n) is 0.851.